The van der Waals surface area contributed by atoms with Crippen LogP contribution in [0, 0.1) is 5.82 Å². The van der Waals surface area contributed by atoms with Gasteiger partial charge in [0.15, 0.2) is 0 Å². The molecule has 2 aromatic rings. The summed E-state index contributed by atoms with van der Waals surface area (Å²) in [5, 5.41) is 9.22. The van der Waals surface area contributed by atoms with Crippen molar-refractivity contribution >= 4 is 44.9 Å². The number of carbonyl (C=O) groups is 1. The van der Waals surface area contributed by atoms with Crippen LogP contribution in [0.1, 0.15) is 0 Å². The van der Waals surface area contributed by atoms with E-state index in [4.69, 9.17) is 28.3 Å². The number of aliphatic carboxylic acids is 1. The van der Waals surface area contributed by atoms with Gasteiger partial charge in [0.1, 0.15) is 12.4 Å². The fraction of sp³-hybridized carbons (Fsp3) is 0.0714. The van der Waals surface area contributed by atoms with Crippen LogP contribution in [0.2, 0.25) is 10.0 Å². The quantitative estimate of drug-likeness (QED) is 0.865. The van der Waals surface area contributed by atoms with Crippen molar-refractivity contribution < 1.29 is 22.7 Å². The Morgan fingerprint density at radius 3 is 2.30 bits per heavy atom. The van der Waals surface area contributed by atoms with E-state index < -0.39 is 28.4 Å². The van der Waals surface area contributed by atoms with Gasteiger partial charge in [0.2, 0.25) is 0 Å². The third kappa shape index (κ3) is 3.93. The molecule has 0 aliphatic heterocycles. The van der Waals surface area contributed by atoms with Gasteiger partial charge in [0.25, 0.3) is 10.0 Å². The topological polar surface area (TPSA) is 74.7 Å². The molecule has 9 heteroatoms. The fourth-order valence-corrected chi connectivity index (χ4v) is 3.69. The van der Waals surface area contributed by atoms with Gasteiger partial charge < -0.3 is 5.11 Å². The minimum Gasteiger partial charge on any atom is -0.480 e. The first-order valence-electron chi connectivity index (χ1n) is 6.17. The molecular formula is C14H10Cl2FNO4S. The first-order chi connectivity index (χ1) is 10.7. The van der Waals surface area contributed by atoms with Crippen LogP contribution in [-0.4, -0.2) is 26.0 Å². The van der Waals surface area contributed by atoms with E-state index in [-0.39, 0.29) is 20.6 Å². The molecule has 0 fully saturated rings. The largest absolute Gasteiger partial charge is 0.480 e. The lowest BCUT2D eigenvalue weighted by atomic mass is 10.3. The Bertz CT molecular complexity index is 840. The van der Waals surface area contributed by atoms with Crippen LogP contribution < -0.4 is 4.31 Å². The van der Waals surface area contributed by atoms with Crippen molar-refractivity contribution in [2.75, 3.05) is 10.8 Å². The van der Waals surface area contributed by atoms with Crippen LogP contribution in [0.15, 0.2) is 47.4 Å². The molecule has 0 heterocycles. The van der Waals surface area contributed by atoms with Crippen molar-refractivity contribution in [1.29, 1.82) is 0 Å². The number of sulfonamides is 1. The summed E-state index contributed by atoms with van der Waals surface area (Å²) in [6, 6.07) is 8.05. The van der Waals surface area contributed by atoms with Crippen molar-refractivity contribution in [3.05, 3.63) is 58.3 Å². The highest BCUT2D eigenvalue weighted by Gasteiger charge is 2.28. The Morgan fingerprint density at radius 2 is 1.74 bits per heavy atom. The summed E-state index contributed by atoms with van der Waals surface area (Å²) < 4.78 is 39.0. The van der Waals surface area contributed by atoms with Gasteiger partial charge in [0, 0.05) is 5.02 Å². The van der Waals surface area contributed by atoms with E-state index in [1.54, 1.807) is 0 Å². The number of rotatable bonds is 5. The number of carboxylic acid groups (broad SMARTS) is 1. The highest BCUT2D eigenvalue weighted by Crippen LogP contribution is 2.32. The molecule has 5 nitrogen and oxygen atoms in total. The molecule has 0 amide bonds. The number of nitrogens with zero attached hydrogens (tertiary/aromatic N) is 1. The Hall–Kier alpha value is -1.83. The molecule has 0 spiro atoms. The number of carboxylic acids is 1. The maximum Gasteiger partial charge on any atom is 0.324 e. The molecule has 122 valence electrons. The summed E-state index contributed by atoms with van der Waals surface area (Å²) in [5.74, 6) is -2.00. The highest BCUT2D eigenvalue weighted by atomic mass is 35.5. The van der Waals surface area contributed by atoms with E-state index >= 15 is 0 Å². The van der Waals surface area contributed by atoms with Crippen LogP contribution in [0.4, 0.5) is 10.1 Å². The predicted octanol–water partition coefficient (Wildman–Crippen LogP) is 3.41. The number of halogens is 3. The summed E-state index contributed by atoms with van der Waals surface area (Å²) >= 11 is 11.8. The average molecular weight is 378 g/mol. The molecule has 2 aromatic carbocycles. The molecule has 0 radical (unpaired) electrons. The number of benzene rings is 2. The van der Waals surface area contributed by atoms with E-state index in [9.17, 15) is 17.6 Å². The van der Waals surface area contributed by atoms with E-state index in [1.807, 2.05) is 0 Å². The SMILES string of the molecule is O=C(O)CN(c1cc(Cl)ccc1Cl)S(=O)(=O)c1ccc(F)cc1. The molecule has 0 aliphatic rings. The van der Waals surface area contributed by atoms with Crippen LogP contribution in [0.5, 0.6) is 0 Å². The minimum absolute atomic E-state index is 0.0151. The predicted molar refractivity (Wildman–Crippen MR) is 85.0 cm³/mol. The molecule has 0 saturated heterocycles. The summed E-state index contributed by atoms with van der Waals surface area (Å²) in [6.45, 7) is -0.861. The van der Waals surface area contributed by atoms with Gasteiger partial charge in [-0.25, -0.2) is 12.8 Å². The third-order valence-electron chi connectivity index (χ3n) is 2.86. The fourth-order valence-electron chi connectivity index (χ4n) is 1.83. The van der Waals surface area contributed by atoms with Crippen LogP contribution in [0.25, 0.3) is 0 Å². The van der Waals surface area contributed by atoms with Gasteiger partial charge in [-0.05, 0) is 42.5 Å². The molecule has 0 aliphatic carbocycles. The normalized spacial score (nSPS) is 11.3. The second-order valence-corrected chi connectivity index (χ2v) is 7.16. The highest BCUT2D eigenvalue weighted by molar-refractivity contribution is 7.92. The molecule has 0 atom stereocenters. The van der Waals surface area contributed by atoms with Crippen molar-refractivity contribution in [2.45, 2.75) is 4.90 Å². The van der Waals surface area contributed by atoms with Crippen LogP contribution in [0.3, 0.4) is 0 Å². The molecule has 0 aromatic heterocycles. The number of anilines is 1. The van der Waals surface area contributed by atoms with E-state index in [0.717, 1.165) is 24.3 Å². The average Bonchev–Trinajstić information content (AvgIpc) is 2.47. The maximum atomic E-state index is 13.0. The summed E-state index contributed by atoms with van der Waals surface area (Å²) in [7, 11) is -4.26. The molecule has 0 saturated carbocycles. The lowest BCUT2D eigenvalue weighted by Gasteiger charge is -2.23. The molecule has 1 N–H and O–H groups in total. The molecule has 23 heavy (non-hydrogen) atoms. The maximum absolute atomic E-state index is 13.0. The Kier molecular flexibility index (Phi) is 5.13. The Labute approximate surface area is 141 Å². The zero-order valence-electron chi connectivity index (χ0n) is 11.4. The second kappa shape index (κ2) is 6.74. The van der Waals surface area contributed by atoms with E-state index in [0.29, 0.717) is 4.31 Å². The van der Waals surface area contributed by atoms with Crippen molar-refractivity contribution in [2.24, 2.45) is 0 Å². The van der Waals surface area contributed by atoms with Gasteiger partial charge in [-0.1, -0.05) is 23.2 Å². The zero-order chi connectivity index (χ0) is 17.2. The van der Waals surface area contributed by atoms with Crippen molar-refractivity contribution in [3.8, 4) is 0 Å². The molecule has 2 rings (SSSR count). The first-order valence-corrected chi connectivity index (χ1v) is 8.36. The zero-order valence-corrected chi connectivity index (χ0v) is 13.7. The second-order valence-electron chi connectivity index (χ2n) is 4.46. The summed E-state index contributed by atoms with van der Waals surface area (Å²) in [4.78, 5) is 10.8. The van der Waals surface area contributed by atoms with Crippen LogP contribution >= 0.6 is 23.2 Å². The third-order valence-corrected chi connectivity index (χ3v) is 5.19. The number of hydrogen-bond acceptors (Lipinski definition) is 3. The van der Waals surface area contributed by atoms with Crippen molar-refractivity contribution in [1.82, 2.24) is 0 Å². The smallest absolute Gasteiger partial charge is 0.324 e. The monoisotopic (exact) mass is 377 g/mol. The van der Waals surface area contributed by atoms with E-state index in [2.05, 4.69) is 0 Å². The Balaban J connectivity index is 2.60. The lowest BCUT2D eigenvalue weighted by molar-refractivity contribution is -0.135. The van der Waals surface area contributed by atoms with Gasteiger partial charge in [-0.15, -0.1) is 0 Å². The number of hydrogen-bond donors (Lipinski definition) is 1. The molecule has 0 bridgehead atoms. The van der Waals surface area contributed by atoms with Gasteiger partial charge >= 0.3 is 5.97 Å². The van der Waals surface area contributed by atoms with Crippen molar-refractivity contribution in [3.63, 3.8) is 0 Å². The van der Waals surface area contributed by atoms with E-state index in [1.165, 1.54) is 18.2 Å². The minimum atomic E-state index is -4.26. The lowest BCUT2D eigenvalue weighted by Crippen LogP contribution is -2.36. The summed E-state index contributed by atoms with van der Waals surface area (Å²) in [5.41, 5.74) is -0.0779. The summed E-state index contributed by atoms with van der Waals surface area (Å²) in [6.07, 6.45) is 0. The first kappa shape index (κ1) is 17.5. The van der Waals surface area contributed by atoms with Crippen LogP contribution in [-0.2, 0) is 14.8 Å². The van der Waals surface area contributed by atoms with Gasteiger partial charge in [-0.3, -0.25) is 9.10 Å². The Morgan fingerprint density at radius 1 is 1.13 bits per heavy atom. The molecule has 0 unspecified atom stereocenters. The molecular weight excluding hydrogens is 368 g/mol. The standard InChI is InChI=1S/C14H10Cl2FNO4S/c15-9-1-6-12(16)13(7-9)18(8-14(19)20)23(21,22)11-4-2-10(17)3-5-11/h1-7H,8H2,(H,19,20). The van der Waals surface area contributed by atoms with Gasteiger partial charge in [0.05, 0.1) is 15.6 Å². The van der Waals surface area contributed by atoms with Gasteiger partial charge in [-0.2, -0.15) is 0 Å².